The molecular formula is C32H26N2. The molecule has 0 radical (unpaired) electrons. The van der Waals surface area contributed by atoms with Gasteiger partial charge in [-0.25, -0.2) is 0 Å². The molecular weight excluding hydrogens is 412 g/mol. The maximum absolute atomic E-state index is 5.54. The van der Waals surface area contributed by atoms with Crippen LogP contribution in [0.2, 0.25) is 0 Å². The van der Waals surface area contributed by atoms with Crippen LogP contribution in [0.25, 0.3) is 45.5 Å². The van der Waals surface area contributed by atoms with Gasteiger partial charge in [-0.2, -0.15) is 0 Å². The van der Waals surface area contributed by atoms with E-state index >= 15 is 0 Å². The monoisotopic (exact) mass is 438 g/mol. The van der Waals surface area contributed by atoms with Crippen LogP contribution in [0.3, 0.4) is 0 Å². The number of pyridine rings is 1. The molecule has 1 heterocycles. The number of aromatic nitrogens is 1. The Kier molecular flexibility index (Phi) is 4.81. The number of nitrogens with two attached hydrogens (primary N) is 1. The zero-order valence-electron chi connectivity index (χ0n) is 19.3. The third-order valence-corrected chi connectivity index (χ3v) is 7.14. The highest BCUT2D eigenvalue weighted by atomic mass is 14.7. The molecule has 164 valence electrons. The quantitative estimate of drug-likeness (QED) is 0.383. The molecule has 1 atom stereocenters. The summed E-state index contributed by atoms with van der Waals surface area (Å²) in [4.78, 5) is 5.18. The Morgan fingerprint density at radius 3 is 2.62 bits per heavy atom. The molecule has 0 bridgehead atoms. The number of allylic oxidation sites excluding steroid dienone is 1. The van der Waals surface area contributed by atoms with Crippen LogP contribution in [-0.2, 0) is 6.42 Å². The van der Waals surface area contributed by atoms with E-state index in [0.717, 1.165) is 33.5 Å². The second-order valence-corrected chi connectivity index (χ2v) is 9.11. The SMILES string of the molecule is C=c1/c(=C\C=C/N)ccc2ccc(C3Cc4ccc5cccc(C)c5c4-c4ccccc43)nc12. The van der Waals surface area contributed by atoms with E-state index in [1.807, 2.05) is 12.2 Å². The van der Waals surface area contributed by atoms with Crippen molar-refractivity contribution in [3.8, 4) is 11.1 Å². The average Bonchev–Trinajstić information content (AvgIpc) is 2.87. The molecule has 0 aliphatic heterocycles. The van der Waals surface area contributed by atoms with Crippen LogP contribution < -0.4 is 16.2 Å². The van der Waals surface area contributed by atoms with Gasteiger partial charge in [0.15, 0.2) is 0 Å². The number of nitrogens with zero attached hydrogens (tertiary/aromatic N) is 1. The lowest BCUT2D eigenvalue weighted by Gasteiger charge is -2.29. The van der Waals surface area contributed by atoms with Crippen molar-refractivity contribution in [3.63, 3.8) is 0 Å². The van der Waals surface area contributed by atoms with Crippen LogP contribution in [0.1, 0.15) is 28.3 Å². The lowest BCUT2D eigenvalue weighted by atomic mass is 9.75. The standard InChI is InChI=1S/C32H26N2/c1-20-7-5-8-23-13-15-25-19-28(26-10-3-4-11-27(26)31(25)30(20)23)29-17-16-24-14-12-22(9-6-18-33)21(2)32(24)34-29/h3-18,28H,2,19,33H2,1H3/b18-6-,22-9-. The zero-order chi connectivity index (χ0) is 23.2. The molecule has 6 rings (SSSR count). The predicted molar refractivity (Wildman–Crippen MR) is 144 cm³/mol. The summed E-state index contributed by atoms with van der Waals surface area (Å²) >= 11 is 0. The van der Waals surface area contributed by atoms with E-state index in [0.29, 0.717) is 0 Å². The number of fused-ring (bicyclic) bond motifs is 6. The van der Waals surface area contributed by atoms with Gasteiger partial charge in [0.2, 0.25) is 0 Å². The first-order valence-electron chi connectivity index (χ1n) is 11.7. The normalized spacial score (nSPS) is 15.7. The van der Waals surface area contributed by atoms with Crippen molar-refractivity contribution in [1.29, 1.82) is 0 Å². The molecule has 0 amide bonds. The number of aryl methyl sites for hydroxylation is 1. The zero-order valence-corrected chi connectivity index (χ0v) is 19.3. The summed E-state index contributed by atoms with van der Waals surface area (Å²) in [5.41, 5.74) is 14.3. The Balaban J connectivity index is 1.57. The lowest BCUT2D eigenvalue weighted by molar-refractivity contribution is 0.770. The van der Waals surface area contributed by atoms with Crippen LogP contribution in [0.15, 0.2) is 91.1 Å². The van der Waals surface area contributed by atoms with Gasteiger partial charge in [0, 0.05) is 22.2 Å². The minimum absolute atomic E-state index is 0.200. The van der Waals surface area contributed by atoms with Gasteiger partial charge in [-0.15, -0.1) is 0 Å². The first-order chi connectivity index (χ1) is 16.7. The summed E-state index contributed by atoms with van der Waals surface area (Å²) in [5.74, 6) is 0.200. The van der Waals surface area contributed by atoms with E-state index in [1.54, 1.807) is 0 Å². The van der Waals surface area contributed by atoms with Crippen LogP contribution in [0.5, 0.6) is 0 Å². The van der Waals surface area contributed by atoms with Crippen molar-refractivity contribution < 1.29 is 0 Å². The summed E-state index contributed by atoms with van der Waals surface area (Å²) in [6, 6.07) is 28.5. The van der Waals surface area contributed by atoms with Crippen LogP contribution in [0, 0.1) is 6.92 Å². The van der Waals surface area contributed by atoms with Crippen molar-refractivity contribution >= 4 is 34.3 Å². The molecule has 1 aliphatic rings. The number of hydrogen-bond donors (Lipinski definition) is 1. The van der Waals surface area contributed by atoms with Crippen LogP contribution >= 0.6 is 0 Å². The molecule has 1 aromatic heterocycles. The molecule has 1 aliphatic carbocycles. The van der Waals surface area contributed by atoms with Gasteiger partial charge < -0.3 is 5.73 Å². The number of rotatable bonds is 2. The van der Waals surface area contributed by atoms with E-state index < -0.39 is 0 Å². The number of hydrogen-bond acceptors (Lipinski definition) is 2. The van der Waals surface area contributed by atoms with E-state index in [1.165, 1.54) is 44.8 Å². The Morgan fingerprint density at radius 2 is 1.74 bits per heavy atom. The van der Waals surface area contributed by atoms with E-state index in [2.05, 4.69) is 92.4 Å². The molecule has 0 saturated carbocycles. The molecule has 34 heavy (non-hydrogen) atoms. The molecule has 4 aromatic carbocycles. The van der Waals surface area contributed by atoms with Crippen molar-refractivity contribution in [2.45, 2.75) is 19.3 Å². The third-order valence-electron chi connectivity index (χ3n) is 7.14. The van der Waals surface area contributed by atoms with Gasteiger partial charge in [-0.3, -0.25) is 4.98 Å². The summed E-state index contributed by atoms with van der Waals surface area (Å²) in [7, 11) is 0. The van der Waals surface area contributed by atoms with E-state index in [-0.39, 0.29) is 5.92 Å². The van der Waals surface area contributed by atoms with Crippen LogP contribution in [0.4, 0.5) is 0 Å². The Morgan fingerprint density at radius 1 is 0.912 bits per heavy atom. The Labute approximate surface area is 199 Å². The molecule has 0 spiro atoms. The van der Waals surface area contributed by atoms with Gasteiger partial charge in [0.05, 0.1) is 5.52 Å². The second kappa shape index (κ2) is 8.00. The lowest BCUT2D eigenvalue weighted by Crippen LogP contribution is -2.24. The fraction of sp³-hybridized carbons (Fsp3) is 0.0938. The highest BCUT2D eigenvalue weighted by Gasteiger charge is 2.28. The van der Waals surface area contributed by atoms with Crippen molar-refractivity contribution in [1.82, 2.24) is 4.98 Å². The van der Waals surface area contributed by atoms with Crippen molar-refractivity contribution in [3.05, 3.63) is 124 Å². The largest absolute Gasteiger partial charge is 0.405 e. The van der Waals surface area contributed by atoms with Crippen molar-refractivity contribution in [2.24, 2.45) is 5.73 Å². The fourth-order valence-electron chi connectivity index (χ4n) is 5.49. The Bertz CT molecular complexity index is 1730. The molecule has 0 fully saturated rings. The number of benzene rings is 4. The topological polar surface area (TPSA) is 38.9 Å². The maximum atomic E-state index is 5.54. The van der Waals surface area contributed by atoms with Gasteiger partial charge in [0.25, 0.3) is 0 Å². The molecule has 2 nitrogen and oxygen atoms in total. The van der Waals surface area contributed by atoms with Crippen molar-refractivity contribution in [2.75, 3.05) is 0 Å². The predicted octanol–water partition coefficient (Wildman–Crippen LogP) is 5.71. The van der Waals surface area contributed by atoms with E-state index in [4.69, 9.17) is 10.7 Å². The van der Waals surface area contributed by atoms with Crippen LogP contribution in [-0.4, -0.2) is 4.98 Å². The summed E-state index contributed by atoms with van der Waals surface area (Å²) in [6.45, 7) is 6.56. The first kappa shape index (κ1) is 20.4. The average molecular weight is 439 g/mol. The molecule has 1 unspecified atom stereocenters. The summed E-state index contributed by atoms with van der Waals surface area (Å²) in [5, 5.41) is 5.74. The molecule has 5 aromatic rings. The van der Waals surface area contributed by atoms with Gasteiger partial charge in [0.1, 0.15) is 0 Å². The van der Waals surface area contributed by atoms with E-state index in [9.17, 15) is 0 Å². The van der Waals surface area contributed by atoms with Gasteiger partial charge in [-0.1, -0.05) is 85.5 Å². The summed E-state index contributed by atoms with van der Waals surface area (Å²) in [6.07, 6.45) is 6.29. The highest BCUT2D eigenvalue weighted by molar-refractivity contribution is 6.02. The maximum Gasteiger partial charge on any atom is 0.0777 e. The summed E-state index contributed by atoms with van der Waals surface area (Å²) < 4.78 is 0. The van der Waals surface area contributed by atoms with Gasteiger partial charge in [-0.05, 0) is 75.5 Å². The molecule has 2 heteroatoms. The molecule has 2 N–H and O–H groups in total. The van der Waals surface area contributed by atoms with Gasteiger partial charge >= 0.3 is 0 Å². The first-order valence-corrected chi connectivity index (χ1v) is 11.7. The highest BCUT2D eigenvalue weighted by Crippen LogP contribution is 2.45. The fourth-order valence-corrected chi connectivity index (χ4v) is 5.49. The minimum Gasteiger partial charge on any atom is -0.405 e. The third kappa shape index (κ3) is 3.14. The Hall–Kier alpha value is -4.17. The smallest absolute Gasteiger partial charge is 0.0777 e. The molecule has 0 saturated heterocycles. The second-order valence-electron chi connectivity index (χ2n) is 9.11. The minimum atomic E-state index is 0.200.